The van der Waals surface area contributed by atoms with Crippen LogP contribution in [0.3, 0.4) is 0 Å². The van der Waals surface area contributed by atoms with Crippen LogP contribution >= 0.6 is 0 Å². The molecule has 1 saturated heterocycles. The summed E-state index contributed by atoms with van der Waals surface area (Å²) >= 11 is 0. The first-order valence-corrected chi connectivity index (χ1v) is 10.5. The van der Waals surface area contributed by atoms with Gasteiger partial charge in [-0.3, -0.25) is 4.79 Å². The Labute approximate surface area is 177 Å². The number of piperazine rings is 1. The molecule has 7 heteroatoms. The second-order valence-electron chi connectivity index (χ2n) is 8.05. The van der Waals surface area contributed by atoms with E-state index in [2.05, 4.69) is 28.8 Å². The number of hydrogen-bond donors (Lipinski definition) is 0. The Morgan fingerprint density at radius 3 is 2.50 bits per heavy atom. The Balaban J connectivity index is 1.35. The summed E-state index contributed by atoms with van der Waals surface area (Å²) in [5, 5.41) is 4.39. The molecule has 30 heavy (non-hydrogen) atoms. The maximum Gasteiger partial charge on any atom is 0.227 e. The van der Waals surface area contributed by atoms with Crippen LogP contribution < -0.4 is 4.90 Å². The van der Waals surface area contributed by atoms with Gasteiger partial charge in [0.15, 0.2) is 0 Å². The predicted octanol–water partition coefficient (Wildman–Crippen LogP) is 2.99. The number of anilines is 1. The van der Waals surface area contributed by atoms with Gasteiger partial charge < -0.3 is 9.80 Å². The number of carbonyl (C=O) groups excluding carboxylic acids is 1. The molecule has 0 unspecified atom stereocenters. The molecule has 156 valence electrons. The Hall–Kier alpha value is -3.22. The van der Waals surface area contributed by atoms with Gasteiger partial charge in [0, 0.05) is 50.1 Å². The molecule has 0 aliphatic carbocycles. The number of hydrogen-bond acceptors (Lipinski definition) is 5. The number of aryl methyl sites for hydroxylation is 1. The van der Waals surface area contributed by atoms with Gasteiger partial charge in [-0.1, -0.05) is 32.0 Å². The van der Waals surface area contributed by atoms with E-state index >= 15 is 0 Å². The fraction of sp³-hybridized carbons (Fsp3) is 0.391. The molecule has 1 amide bonds. The molecule has 0 saturated carbocycles. The summed E-state index contributed by atoms with van der Waals surface area (Å²) in [6.45, 7) is 9.18. The zero-order chi connectivity index (χ0) is 21.1. The van der Waals surface area contributed by atoms with Gasteiger partial charge in [0.05, 0.1) is 18.3 Å². The van der Waals surface area contributed by atoms with Crippen LogP contribution in [0.4, 0.5) is 5.82 Å². The van der Waals surface area contributed by atoms with Crippen molar-refractivity contribution in [1.29, 1.82) is 0 Å². The lowest BCUT2D eigenvalue weighted by Crippen LogP contribution is -2.49. The van der Waals surface area contributed by atoms with Gasteiger partial charge in [-0.2, -0.15) is 5.10 Å². The van der Waals surface area contributed by atoms with Crippen LogP contribution in [0, 0.1) is 6.92 Å². The van der Waals surface area contributed by atoms with Crippen molar-refractivity contribution < 1.29 is 4.79 Å². The second-order valence-corrected chi connectivity index (χ2v) is 8.05. The van der Waals surface area contributed by atoms with E-state index in [9.17, 15) is 4.79 Å². The molecule has 2 aromatic heterocycles. The van der Waals surface area contributed by atoms with Gasteiger partial charge in [-0.05, 0) is 24.6 Å². The molecular formula is C23H28N6O. The summed E-state index contributed by atoms with van der Waals surface area (Å²) in [5.74, 6) is 2.27. The molecule has 1 aliphatic heterocycles. The van der Waals surface area contributed by atoms with Crippen LogP contribution in [0.25, 0.3) is 5.69 Å². The Bertz CT molecular complexity index is 1010. The molecule has 0 spiro atoms. The highest BCUT2D eigenvalue weighted by atomic mass is 16.2. The molecule has 0 bridgehead atoms. The second kappa shape index (κ2) is 8.65. The summed E-state index contributed by atoms with van der Waals surface area (Å²) < 4.78 is 1.81. The number of carbonyl (C=O) groups is 1. The number of rotatable bonds is 5. The van der Waals surface area contributed by atoms with Crippen LogP contribution in [0.1, 0.15) is 36.8 Å². The Kier molecular flexibility index (Phi) is 5.79. The molecule has 3 heterocycles. The van der Waals surface area contributed by atoms with Crippen molar-refractivity contribution in [2.24, 2.45) is 0 Å². The lowest BCUT2D eigenvalue weighted by molar-refractivity contribution is -0.130. The van der Waals surface area contributed by atoms with Crippen molar-refractivity contribution in [3.05, 3.63) is 65.9 Å². The topological polar surface area (TPSA) is 67.2 Å². The summed E-state index contributed by atoms with van der Waals surface area (Å²) in [6, 6.07) is 12.0. The average molecular weight is 405 g/mol. The SMILES string of the molecule is Cc1cc(N2CCN(C(=O)Cc3cnn(-c4ccccc4)c3)CC2)nc(C(C)C)n1. The van der Waals surface area contributed by atoms with E-state index < -0.39 is 0 Å². The third-order valence-electron chi connectivity index (χ3n) is 5.34. The zero-order valence-corrected chi connectivity index (χ0v) is 17.8. The predicted molar refractivity (Wildman–Crippen MR) is 117 cm³/mol. The first-order chi connectivity index (χ1) is 14.5. The molecule has 7 nitrogen and oxygen atoms in total. The van der Waals surface area contributed by atoms with Gasteiger partial charge in [-0.15, -0.1) is 0 Å². The van der Waals surface area contributed by atoms with Gasteiger partial charge >= 0.3 is 0 Å². The first kappa shape index (κ1) is 20.1. The lowest BCUT2D eigenvalue weighted by atomic mass is 10.2. The number of benzene rings is 1. The minimum atomic E-state index is 0.143. The van der Waals surface area contributed by atoms with Gasteiger partial charge in [0.1, 0.15) is 11.6 Å². The largest absolute Gasteiger partial charge is 0.353 e. The van der Waals surface area contributed by atoms with Crippen LogP contribution in [0.5, 0.6) is 0 Å². The fourth-order valence-corrected chi connectivity index (χ4v) is 3.64. The summed E-state index contributed by atoms with van der Waals surface area (Å²) in [4.78, 5) is 26.2. The number of aromatic nitrogens is 4. The number of amides is 1. The van der Waals surface area contributed by atoms with E-state index in [0.29, 0.717) is 25.4 Å². The monoisotopic (exact) mass is 404 g/mol. The fourth-order valence-electron chi connectivity index (χ4n) is 3.64. The standard InChI is InChI=1S/C23H28N6O/c1-17(2)23-25-18(3)13-21(26-23)27-9-11-28(12-10-27)22(30)14-19-15-24-29(16-19)20-7-5-4-6-8-20/h4-8,13,15-17H,9-12,14H2,1-3H3. The molecule has 0 N–H and O–H groups in total. The minimum Gasteiger partial charge on any atom is -0.353 e. The molecule has 4 rings (SSSR count). The Morgan fingerprint density at radius 2 is 1.80 bits per heavy atom. The molecule has 0 radical (unpaired) electrons. The third-order valence-corrected chi connectivity index (χ3v) is 5.34. The van der Waals surface area contributed by atoms with Crippen LogP contribution in [0.2, 0.25) is 0 Å². The molecular weight excluding hydrogens is 376 g/mol. The molecule has 1 aliphatic rings. The van der Waals surface area contributed by atoms with Gasteiger partial charge in [-0.25, -0.2) is 14.6 Å². The number of nitrogens with zero attached hydrogens (tertiary/aromatic N) is 6. The lowest BCUT2D eigenvalue weighted by Gasteiger charge is -2.35. The van der Waals surface area contributed by atoms with E-state index in [4.69, 9.17) is 4.98 Å². The quantitative estimate of drug-likeness (QED) is 0.654. The molecule has 3 aromatic rings. The van der Waals surface area contributed by atoms with E-state index in [1.165, 1.54) is 0 Å². The van der Waals surface area contributed by atoms with Gasteiger partial charge in [0.25, 0.3) is 0 Å². The van der Waals surface area contributed by atoms with Crippen molar-refractivity contribution in [1.82, 2.24) is 24.6 Å². The minimum absolute atomic E-state index is 0.143. The van der Waals surface area contributed by atoms with Crippen LogP contribution in [0.15, 0.2) is 48.8 Å². The number of para-hydroxylation sites is 1. The van der Waals surface area contributed by atoms with Crippen molar-refractivity contribution in [2.45, 2.75) is 33.1 Å². The van der Waals surface area contributed by atoms with E-state index in [0.717, 1.165) is 41.7 Å². The van der Waals surface area contributed by atoms with Gasteiger partial charge in [0.2, 0.25) is 5.91 Å². The van der Waals surface area contributed by atoms with E-state index in [1.807, 2.05) is 59.1 Å². The zero-order valence-electron chi connectivity index (χ0n) is 17.8. The highest BCUT2D eigenvalue weighted by Crippen LogP contribution is 2.19. The van der Waals surface area contributed by atoms with Crippen LogP contribution in [-0.2, 0) is 11.2 Å². The highest BCUT2D eigenvalue weighted by Gasteiger charge is 2.23. The van der Waals surface area contributed by atoms with Crippen molar-refractivity contribution in [2.75, 3.05) is 31.1 Å². The van der Waals surface area contributed by atoms with Crippen molar-refractivity contribution in [3.8, 4) is 5.69 Å². The average Bonchev–Trinajstić information content (AvgIpc) is 3.22. The van der Waals surface area contributed by atoms with E-state index in [-0.39, 0.29) is 5.91 Å². The van der Waals surface area contributed by atoms with Crippen molar-refractivity contribution in [3.63, 3.8) is 0 Å². The normalized spacial score (nSPS) is 14.4. The van der Waals surface area contributed by atoms with Crippen molar-refractivity contribution >= 4 is 11.7 Å². The summed E-state index contributed by atoms with van der Waals surface area (Å²) in [5.41, 5.74) is 2.91. The third kappa shape index (κ3) is 4.50. The maximum atomic E-state index is 12.8. The molecule has 1 aromatic carbocycles. The summed E-state index contributed by atoms with van der Waals surface area (Å²) in [7, 11) is 0. The molecule has 1 fully saturated rings. The van der Waals surface area contributed by atoms with Crippen LogP contribution in [-0.4, -0.2) is 56.7 Å². The first-order valence-electron chi connectivity index (χ1n) is 10.5. The summed E-state index contributed by atoms with van der Waals surface area (Å²) in [6.07, 6.45) is 4.08. The Morgan fingerprint density at radius 1 is 1.07 bits per heavy atom. The smallest absolute Gasteiger partial charge is 0.227 e. The maximum absolute atomic E-state index is 12.8. The highest BCUT2D eigenvalue weighted by molar-refractivity contribution is 5.79. The molecule has 0 atom stereocenters. The van der Waals surface area contributed by atoms with E-state index in [1.54, 1.807) is 6.20 Å².